The highest BCUT2D eigenvalue weighted by Crippen LogP contribution is 2.30. The van der Waals surface area contributed by atoms with E-state index in [1.807, 2.05) is 54.6 Å². The van der Waals surface area contributed by atoms with Crippen molar-refractivity contribution in [3.8, 4) is 11.5 Å². The summed E-state index contributed by atoms with van der Waals surface area (Å²) in [4.78, 5) is 0. The standard InChI is InChI=1S/C21H17BrCl2O3/c22-17-3-1-2-4-20(17)27-21(12-25)15-6-8-16(9-7-15)26-13-14-5-10-18(23)19(24)11-14/h1-11,21,25H,12-13H2. The van der Waals surface area contributed by atoms with Crippen LogP contribution in [0.1, 0.15) is 17.2 Å². The molecule has 3 rings (SSSR count). The Morgan fingerprint density at radius 3 is 2.33 bits per heavy atom. The largest absolute Gasteiger partial charge is 0.489 e. The molecule has 0 bridgehead atoms. The fraction of sp³-hybridized carbons (Fsp3) is 0.143. The number of hydrogen-bond acceptors (Lipinski definition) is 3. The number of aliphatic hydroxyl groups excluding tert-OH is 1. The first-order chi connectivity index (χ1) is 13.1. The minimum atomic E-state index is -0.465. The average Bonchev–Trinajstić information content (AvgIpc) is 2.69. The first-order valence-electron chi connectivity index (χ1n) is 8.25. The van der Waals surface area contributed by atoms with E-state index < -0.39 is 6.10 Å². The third kappa shape index (κ3) is 5.39. The Balaban J connectivity index is 1.64. The van der Waals surface area contributed by atoms with Gasteiger partial charge >= 0.3 is 0 Å². The smallest absolute Gasteiger partial charge is 0.147 e. The van der Waals surface area contributed by atoms with Gasteiger partial charge in [-0.15, -0.1) is 0 Å². The maximum atomic E-state index is 9.71. The van der Waals surface area contributed by atoms with Gasteiger partial charge in [0.15, 0.2) is 0 Å². The molecule has 0 radical (unpaired) electrons. The van der Waals surface area contributed by atoms with Crippen molar-refractivity contribution in [3.63, 3.8) is 0 Å². The molecular weight excluding hydrogens is 451 g/mol. The van der Waals surface area contributed by atoms with Gasteiger partial charge in [0.2, 0.25) is 0 Å². The summed E-state index contributed by atoms with van der Waals surface area (Å²) in [6.45, 7) is 0.248. The van der Waals surface area contributed by atoms with E-state index in [9.17, 15) is 5.11 Å². The van der Waals surface area contributed by atoms with Crippen molar-refractivity contribution in [2.75, 3.05) is 6.61 Å². The summed E-state index contributed by atoms with van der Waals surface area (Å²) in [5.74, 6) is 1.39. The second kappa shape index (κ2) is 9.47. The van der Waals surface area contributed by atoms with E-state index in [1.54, 1.807) is 12.1 Å². The summed E-state index contributed by atoms with van der Waals surface area (Å²) in [7, 11) is 0. The number of benzene rings is 3. The molecule has 1 atom stereocenters. The normalized spacial score (nSPS) is 11.9. The Morgan fingerprint density at radius 1 is 0.926 bits per heavy atom. The van der Waals surface area contributed by atoms with Crippen LogP contribution < -0.4 is 9.47 Å². The monoisotopic (exact) mass is 466 g/mol. The topological polar surface area (TPSA) is 38.7 Å². The first-order valence-corrected chi connectivity index (χ1v) is 9.80. The van der Waals surface area contributed by atoms with Crippen molar-refractivity contribution >= 4 is 39.1 Å². The van der Waals surface area contributed by atoms with Gasteiger partial charge in [0.1, 0.15) is 24.2 Å². The summed E-state index contributed by atoms with van der Waals surface area (Å²) in [5.41, 5.74) is 1.79. The maximum absolute atomic E-state index is 9.71. The summed E-state index contributed by atoms with van der Waals surface area (Å²) in [6.07, 6.45) is -0.465. The Labute approximate surface area is 176 Å². The summed E-state index contributed by atoms with van der Waals surface area (Å²) in [5, 5.41) is 10.7. The van der Waals surface area contributed by atoms with Crippen molar-refractivity contribution < 1.29 is 14.6 Å². The van der Waals surface area contributed by atoms with Gasteiger partial charge in [-0.2, -0.15) is 0 Å². The number of aliphatic hydroxyl groups is 1. The van der Waals surface area contributed by atoms with Gasteiger partial charge in [0.25, 0.3) is 0 Å². The van der Waals surface area contributed by atoms with Crippen LogP contribution in [0.15, 0.2) is 71.2 Å². The van der Waals surface area contributed by atoms with Crippen LogP contribution in [-0.2, 0) is 6.61 Å². The molecular formula is C21H17BrCl2O3. The lowest BCUT2D eigenvalue weighted by molar-refractivity contribution is 0.115. The molecule has 0 spiro atoms. The number of halogens is 3. The molecule has 0 aromatic heterocycles. The molecule has 0 saturated carbocycles. The van der Waals surface area contributed by atoms with Crippen LogP contribution in [0.3, 0.4) is 0 Å². The molecule has 3 nitrogen and oxygen atoms in total. The van der Waals surface area contributed by atoms with Crippen LogP contribution in [0.25, 0.3) is 0 Å². The minimum absolute atomic E-state index is 0.134. The number of hydrogen-bond donors (Lipinski definition) is 1. The van der Waals surface area contributed by atoms with Crippen LogP contribution in [0.5, 0.6) is 11.5 Å². The number of rotatable bonds is 7. The van der Waals surface area contributed by atoms with Crippen molar-refractivity contribution in [2.24, 2.45) is 0 Å². The molecule has 27 heavy (non-hydrogen) atoms. The van der Waals surface area contributed by atoms with Crippen LogP contribution >= 0.6 is 39.1 Å². The van der Waals surface area contributed by atoms with Crippen LogP contribution in [0.2, 0.25) is 10.0 Å². The molecule has 0 amide bonds. The molecule has 0 fully saturated rings. The zero-order valence-corrected chi connectivity index (χ0v) is 17.3. The van der Waals surface area contributed by atoms with E-state index in [0.717, 1.165) is 15.6 Å². The molecule has 1 unspecified atom stereocenters. The second-order valence-corrected chi connectivity index (χ2v) is 7.49. The predicted octanol–water partition coefficient (Wildman–Crippen LogP) is 6.45. The maximum Gasteiger partial charge on any atom is 0.147 e. The average molecular weight is 468 g/mol. The minimum Gasteiger partial charge on any atom is -0.489 e. The predicted molar refractivity (Wildman–Crippen MR) is 112 cm³/mol. The van der Waals surface area contributed by atoms with Gasteiger partial charge < -0.3 is 14.6 Å². The van der Waals surface area contributed by atoms with Gasteiger partial charge in [-0.3, -0.25) is 0 Å². The van der Waals surface area contributed by atoms with Crippen LogP contribution in [0.4, 0.5) is 0 Å². The Morgan fingerprint density at radius 2 is 1.67 bits per heavy atom. The zero-order chi connectivity index (χ0) is 19.2. The van der Waals surface area contributed by atoms with Gasteiger partial charge in [-0.25, -0.2) is 0 Å². The van der Waals surface area contributed by atoms with Crippen LogP contribution in [-0.4, -0.2) is 11.7 Å². The third-order valence-electron chi connectivity index (χ3n) is 3.91. The Bertz CT molecular complexity index is 900. The number of para-hydroxylation sites is 1. The summed E-state index contributed by atoms with van der Waals surface area (Å²) < 4.78 is 12.5. The molecule has 0 saturated heterocycles. The van der Waals surface area contributed by atoms with Crippen LogP contribution in [0, 0.1) is 0 Å². The van der Waals surface area contributed by atoms with Gasteiger partial charge in [-0.1, -0.05) is 53.5 Å². The molecule has 3 aromatic carbocycles. The molecule has 140 valence electrons. The molecule has 0 aliphatic heterocycles. The quantitative estimate of drug-likeness (QED) is 0.434. The van der Waals surface area contributed by atoms with Crippen molar-refractivity contribution in [2.45, 2.75) is 12.7 Å². The van der Waals surface area contributed by atoms with E-state index in [-0.39, 0.29) is 6.61 Å². The molecule has 3 aromatic rings. The summed E-state index contributed by atoms with van der Waals surface area (Å²) in [6, 6.07) is 20.4. The van der Waals surface area contributed by atoms with Gasteiger partial charge in [0.05, 0.1) is 21.1 Å². The lowest BCUT2D eigenvalue weighted by Crippen LogP contribution is -2.12. The molecule has 0 aliphatic carbocycles. The molecule has 1 N–H and O–H groups in total. The van der Waals surface area contributed by atoms with Gasteiger partial charge in [-0.05, 0) is 63.5 Å². The lowest BCUT2D eigenvalue weighted by Gasteiger charge is -2.18. The third-order valence-corrected chi connectivity index (χ3v) is 5.31. The van der Waals surface area contributed by atoms with Crippen molar-refractivity contribution in [3.05, 3.63) is 92.4 Å². The van der Waals surface area contributed by atoms with Gasteiger partial charge in [0, 0.05) is 0 Å². The lowest BCUT2D eigenvalue weighted by atomic mass is 10.1. The highest BCUT2D eigenvalue weighted by molar-refractivity contribution is 9.10. The van der Waals surface area contributed by atoms with E-state index in [1.165, 1.54) is 0 Å². The van der Waals surface area contributed by atoms with Crippen molar-refractivity contribution in [1.82, 2.24) is 0 Å². The van der Waals surface area contributed by atoms with Crippen molar-refractivity contribution in [1.29, 1.82) is 0 Å². The fourth-order valence-electron chi connectivity index (χ4n) is 2.48. The fourth-order valence-corrected chi connectivity index (χ4v) is 3.18. The highest BCUT2D eigenvalue weighted by atomic mass is 79.9. The molecule has 0 heterocycles. The Kier molecular flexibility index (Phi) is 7.02. The zero-order valence-electron chi connectivity index (χ0n) is 14.2. The van der Waals surface area contributed by atoms with E-state index in [0.29, 0.717) is 28.2 Å². The van der Waals surface area contributed by atoms with E-state index in [2.05, 4.69) is 15.9 Å². The number of ether oxygens (including phenoxy) is 2. The summed E-state index contributed by atoms with van der Waals surface area (Å²) >= 11 is 15.4. The molecule has 6 heteroatoms. The SMILES string of the molecule is OCC(Oc1ccccc1Br)c1ccc(OCc2ccc(Cl)c(Cl)c2)cc1. The highest BCUT2D eigenvalue weighted by Gasteiger charge is 2.14. The van der Waals surface area contributed by atoms with E-state index >= 15 is 0 Å². The first kappa shape index (κ1) is 20.0. The Hall–Kier alpha value is -1.72. The molecule has 0 aliphatic rings. The second-order valence-electron chi connectivity index (χ2n) is 5.83. The van der Waals surface area contributed by atoms with E-state index in [4.69, 9.17) is 32.7 Å².